The number of rotatable bonds is 5. The fraction of sp³-hybridized carbons (Fsp3) is 1.00. The Hall–Kier alpha value is -0.0800. The second kappa shape index (κ2) is 5.61. The summed E-state index contributed by atoms with van der Waals surface area (Å²) in [6.45, 7) is 13.1. The van der Waals surface area contributed by atoms with E-state index in [2.05, 4.69) is 41.5 Å². The highest BCUT2D eigenvalue weighted by molar-refractivity contribution is 4.61. The lowest BCUT2D eigenvalue weighted by molar-refractivity contribution is -0.0851. The number of ether oxygens (including phenoxy) is 2. The highest BCUT2D eigenvalue weighted by Gasteiger charge is 2.13. The van der Waals surface area contributed by atoms with Crippen LogP contribution in [0.15, 0.2) is 0 Å². The van der Waals surface area contributed by atoms with E-state index in [9.17, 15) is 0 Å². The van der Waals surface area contributed by atoms with Gasteiger partial charge in [-0.2, -0.15) is 0 Å². The summed E-state index contributed by atoms with van der Waals surface area (Å²) >= 11 is 0. The van der Waals surface area contributed by atoms with E-state index < -0.39 is 0 Å². The predicted octanol–water partition coefficient (Wildman–Crippen LogP) is 3.01. The lowest BCUT2D eigenvalue weighted by atomic mass is 10.2. The summed E-state index contributed by atoms with van der Waals surface area (Å²) in [5.41, 5.74) is -0.0624. The molecule has 0 saturated heterocycles. The second-order valence-corrected chi connectivity index (χ2v) is 4.59. The van der Waals surface area contributed by atoms with Crippen LogP contribution in [0.4, 0.5) is 0 Å². The number of hydrogen-bond donors (Lipinski definition) is 0. The van der Waals surface area contributed by atoms with E-state index in [4.69, 9.17) is 9.47 Å². The van der Waals surface area contributed by atoms with Gasteiger partial charge in [0.15, 0.2) is 0 Å². The standard InChI is InChI=1S/C11H24O2/c1-7-9(2)13-10(3)8-12-11(4,5)6/h9-10H,7-8H2,1-6H3. The largest absolute Gasteiger partial charge is 0.373 e. The van der Waals surface area contributed by atoms with Crippen molar-refractivity contribution < 1.29 is 9.47 Å². The predicted molar refractivity (Wildman–Crippen MR) is 56.0 cm³/mol. The summed E-state index contributed by atoms with van der Waals surface area (Å²) in [5.74, 6) is 0. The van der Waals surface area contributed by atoms with Crippen molar-refractivity contribution in [2.75, 3.05) is 6.61 Å². The Morgan fingerprint density at radius 3 is 2.00 bits per heavy atom. The van der Waals surface area contributed by atoms with Gasteiger partial charge in [-0.25, -0.2) is 0 Å². The SMILES string of the molecule is CCC(C)OC(C)COC(C)(C)C. The van der Waals surface area contributed by atoms with Gasteiger partial charge in [-0.1, -0.05) is 6.92 Å². The van der Waals surface area contributed by atoms with Crippen molar-refractivity contribution in [3.8, 4) is 0 Å². The van der Waals surface area contributed by atoms with Gasteiger partial charge in [0.05, 0.1) is 24.4 Å². The molecule has 2 heteroatoms. The molecule has 0 aromatic heterocycles. The minimum atomic E-state index is -0.0624. The first kappa shape index (κ1) is 12.9. The van der Waals surface area contributed by atoms with E-state index in [1.54, 1.807) is 0 Å². The highest BCUT2D eigenvalue weighted by atomic mass is 16.5. The van der Waals surface area contributed by atoms with E-state index in [1.165, 1.54) is 0 Å². The zero-order valence-electron chi connectivity index (χ0n) is 9.89. The van der Waals surface area contributed by atoms with Crippen molar-refractivity contribution in [3.63, 3.8) is 0 Å². The summed E-state index contributed by atoms with van der Waals surface area (Å²) < 4.78 is 11.3. The van der Waals surface area contributed by atoms with Crippen LogP contribution in [-0.4, -0.2) is 24.4 Å². The zero-order chi connectivity index (χ0) is 10.5. The Morgan fingerprint density at radius 2 is 1.62 bits per heavy atom. The molecule has 2 nitrogen and oxygen atoms in total. The molecule has 2 unspecified atom stereocenters. The third-order valence-electron chi connectivity index (χ3n) is 1.79. The first-order chi connectivity index (χ1) is 5.85. The molecule has 0 amide bonds. The molecule has 0 fully saturated rings. The van der Waals surface area contributed by atoms with Crippen LogP contribution in [0.2, 0.25) is 0 Å². The highest BCUT2D eigenvalue weighted by Crippen LogP contribution is 2.09. The van der Waals surface area contributed by atoms with E-state index in [1.807, 2.05) is 0 Å². The van der Waals surface area contributed by atoms with Crippen LogP contribution in [0.1, 0.15) is 48.0 Å². The maximum absolute atomic E-state index is 5.67. The minimum absolute atomic E-state index is 0.0624. The van der Waals surface area contributed by atoms with E-state index >= 15 is 0 Å². The fourth-order valence-electron chi connectivity index (χ4n) is 0.899. The van der Waals surface area contributed by atoms with Gasteiger partial charge in [-0.15, -0.1) is 0 Å². The fourth-order valence-corrected chi connectivity index (χ4v) is 0.899. The van der Waals surface area contributed by atoms with E-state index in [0.29, 0.717) is 12.7 Å². The Balaban J connectivity index is 3.57. The summed E-state index contributed by atoms with van der Waals surface area (Å²) in [7, 11) is 0. The molecule has 0 rings (SSSR count). The maximum atomic E-state index is 5.67. The molecular weight excluding hydrogens is 164 g/mol. The van der Waals surface area contributed by atoms with Crippen molar-refractivity contribution in [1.29, 1.82) is 0 Å². The van der Waals surface area contributed by atoms with Gasteiger partial charge in [0.25, 0.3) is 0 Å². The van der Waals surface area contributed by atoms with E-state index in [-0.39, 0.29) is 11.7 Å². The minimum Gasteiger partial charge on any atom is -0.373 e. The molecule has 0 aromatic carbocycles. The molecule has 0 aromatic rings. The third-order valence-corrected chi connectivity index (χ3v) is 1.79. The Labute approximate surface area is 82.6 Å². The van der Waals surface area contributed by atoms with Crippen LogP contribution in [0.3, 0.4) is 0 Å². The average molecular weight is 188 g/mol. The summed E-state index contributed by atoms with van der Waals surface area (Å²) in [5, 5.41) is 0. The van der Waals surface area contributed by atoms with Crippen molar-refractivity contribution in [3.05, 3.63) is 0 Å². The molecule has 0 aliphatic rings. The first-order valence-electron chi connectivity index (χ1n) is 5.14. The van der Waals surface area contributed by atoms with Crippen LogP contribution in [0.25, 0.3) is 0 Å². The Bertz CT molecular complexity index is 127. The van der Waals surface area contributed by atoms with Gasteiger partial charge in [-0.05, 0) is 41.0 Å². The van der Waals surface area contributed by atoms with E-state index in [0.717, 1.165) is 6.42 Å². The van der Waals surface area contributed by atoms with Crippen LogP contribution in [0, 0.1) is 0 Å². The zero-order valence-corrected chi connectivity index (χ0v) is 9.89. The van der Waals surface area contributed by atoms with Crippen molar-refractivity contribution in [1.82, 2.24) is 0 Å². The molecule has 0 heterocycles. The summed E-state index contributed by atoms with van der Waals surface area (Å²) in [4.78, 5) is 0. The first-order valence-corrected chi connectivity index (χ1v) is 5.14. The molecule has 0 bridgehead atoms. The molecule has 0 spiro atoms. The Kier molecular flexibility index (Phi) is 5.57. The second-order valence-electron chi connectivity index (χ2n) is 4.59. The van der Waals surface area contributed by atoms with Gasteiger partial charge < -0.3 is 9.47 Å². The molecule has 80 valence electrons. The quantitative estimate of drug-likeness (QED) is 0.660. The van der Waals surface area contributed by atoms with Crippen molar-refractivity contribution in [2.24, 2.45) is 0 Å². The molecule has 2 atom stereocenters. The topological polar surface area (TPSA) is 18.5 Å². The van der Waals surface area contributed by atoms with Gasteiger partial charge in [0.2, 0.25) is 0 Å². The molecular formula is C11H24O2. The smallest absolute Gasteiger partial charge is 0.0784 e. The molecule has 0 aliphatic heterocycles. The monoisotopic (exact) mass is 188 g/mol. The molecule has 0 radical (unpaired) electrons. The number of hydrogen-bond acceptors (Lipinski definition) is 2. The normalized spacial score (nSPS) is 17.1. The lowest BCUT2D eigenvalue weighted by Crippen LogP contribution is -2.28. The molecule has 0 N–H and O–H groups in total. The van der Waals surface area contributed by atoms with Crippen LogP contribution >= 0.6 is 0 Å². The van der Waals surface area contributed by atoms with Crippen LogP contribution in [0.5, 0.6) is 0 Å². The van der Waals surface area contributed by atoms with Gasteiger partial charge in [-0.3, -0.25) is 0 Å². The molecule has 0 saturated carbocycles. The van der Waals surface area contributed by atoms with Crippen molar-refractivity contribution in [2.45, 2.75) is 65.8 Å². The average Bonchev–Trinajstić information content (AvgIpc) is 1.99. The van der Waals surface area contributed by atoms with Crippen LogP contribution in [-0.2, 0) is 9.47 Å². The summed E-state index contributed by atoms with van der Waals surface area (Å²) in [6, 6.07) is 0. The van der Waals surface area contributed by atoms with Gasteiger partial charge in [0, 0.05) is 0 Å². The molecule has 0 aliphatic carbocycles. The Morgan fingerprint density at radius 1 is 1.08 bits per heavy atom. The third kappa shape index (κ3) is 8.26. The molecule has 13 heavy (non-hydrogen) atoms. The maximum Gasteiger partial charge on any atom is 0.0784 e. The van der Waals surface area contributed by atoms with Crippen molar-refractivity contribution >= 4 is 0 Å². The summed E-state index contributed by atoms with van der Waals surface area (Å²) in [6.07, 6.45) is 1.58. The van der Waals surface area contributed by atoms with Crippen LogP contribution < -0.4 is 0 Å². The van der Waals surface area contributed by atoms with Gasteiger partial charge in [0.1, 0.15) is 0 Å². The lowest BCUT2D eigenvalue weighted by Gasteiger charge is -2.24. The van der Waals surface area contributed by atoms with Gasteiger partial charge >= 0.3 is 0 Å².